The van der Waals surface area contributed by atoms with Crippen LogP contribution in [0.5, 0.6) is 11.8 Å². The van der Waals surface area contributed by atoms with Crippen molar-refractivity contribution in [2.75, 3.05) is 14.2 Å². The SMILES string of the molecule is COc1n[nH]nc(OC)c1=S. The molecular weight excluding hydrogens is 166 g/mol. The van der Waals surface area contributed by atoms with E-state index in [1.807, 2.05) is 0 Å². The van der Waals surface area contributed by atoms with Crippen LogP contribution in [0.1, 0.15) is 0 Å². The summed E-state index contributed by atoms with van der Waals surface area (Å²) in [6.45, 7) is 0. The highest BCUT2D eigenvalue weighted by Crippen LogP contribution is 2.14. The number of nitrogens with one attached hydrogen (secondary N) is 1. The molecule has 0 aliphatic heterocycles. The minimum atomic E-state index is 0.312. The average molecular weight is 173 g/mol. The number of hydrogen-bond acceptors (Lipinski definition) is 5. The Kier molecular flexibility index (Phi) is 2.37. The van der Waals surface area contributed by atoms with Crippen LogP contribution in [-0.2, 0) is 0 Å². The first-order valence-corrected chi connectivity index (χ1v) is 3.23. The maximum absolute atomic E-state index is 4.90. The lowest BCUT2D eigenvalue weighted by atomic mass is 10.6. The van der Waals surface area contributed by atoms with E-state index in [2.05, 4.69) is 15.4 Å². The van der Waals surface area contributed by atoms with Gasteiger partial charge in [-0.05, 0) is 0 Å². The van der Waals surface area contributed by atoms with Gasteiger partial charge in [-0.3, -0.25) is 0 Å². The van der Waals surface area contributed by atoms with Crippen LogP contribution in [0.25, 0.3) is 0 Å². The van der Waals surface area contributed by atoms with Crippen LogP contribution in [0.3, 0.4) is 0 Å². The topological polar surface area (TPSA) is 60.0 Å². The van der Waals surface area contributed by atoms with Gasteiger partial charge in [0.05, 0.1) is 14.2 Å². The Morgan fingerprint density at radius 3 is 2.00 bits per heavy atom. The predicted octanol–water partition coefficient (Wildman–Crippen LogP) is 0.551. The van der Waals surface area contributed by atoms with Gasteiger partial charge in [-0.2, -0.15) is 5.21 Å². The molecule has 1 rings (SSSR count). The Labute approximate surface area is 68.3 Å². The number of methoxy groups -OCH3 is 2. The summed E-state index contributed by atoms with van der Waals surface area (Å²) < 4.78 is 10.0. The van der Waals surface area contributed by atoms with Gasteiger partial charge in [0.2, 0.25) is 0 Å². The smallest absolute Gasteiger partial charge is 0.256 e. The summed E-state index contributed by atoms with van der Waals surface area (Å²) in [5.74, 6) is 0.624. The van der Waals surface area contributed by atoms with Crippen LogP contribution >= 0.6 is 12.2 Å². The second-order valence-corrected chi connectivity index (χ2v) is 2.08. The summed E-state index contributed by atoms with van der Waals surface area (Å²) in [5.41, 5.74) is 0. The molecule has 1 heterocycles. The molecule has 0 saturated carbocycles. The highest BCUT2D eigenvalue weighted by atomic mass is 32.1. The molecule has 1 aromatic heterocycles. The molecule has 60 valence electrons. The van der Waals surface area contributed by atoms with E-state index < -0.39 is 0 Å². The summed E-state index contributed by atoms with van der Waals surface area (Å²) in [5, 5.41) is 9.68. The molecule has 1 N–H and O–H groups in total. The van der Waals surface area contributed by atoms with E-state index in [1.54, 1.807) is 0 Å². The third-order valence-electron chi connectivity index (χ3n) is 1.08. The molecule has 0 unspecified atom stereocenters. The zero-order chi connectivity index (χ0) is 8.27. The Morgan fingerprint density at radius 1 is 1.18 bits per heavy atom. The lowest BCUT2D eigenvalue weighted by molar-refractivity contribution is 0.355. The van der Waals surface area contributed by atoms with Crippen molar-refractivity contribution in [3.05, 3.63) is 4.51 Å². The molecule has 1 aromatic rings. The summed E-state index contributed by atoms with van der Waals surface area (Å²) in [7, 11) is 2.96. The van der Waals surface area contributed by atoms with Crippen LogP contribution in [0.4, 0.5) is 0 Å². The average Bonchev–Trinajstić information content (AvgIpc) is 2.05. The summed E-state index contributed by atoms with van der Waals surface area (Å²) in [4.78, 5) is 0. The molecule has 0 saturated heterocycles. The van der Waals surface area contributed by atoms with E-state index in [4.69, 9.17) is 21.7 Å². The van der Waals surface area contributed by atoms with Crippen molar-refractivity contribution in [1.82, 2.24) is 15.4 Å². The number of H-pyrrole nitrogens is 1. The van der Waals surface area contributed by atoms with Gasteiger partial charge < -0.3 is 9.47 Å². The van der Waals surface area contributed by atoms with Crippen molar-refractivity contribution in [3.63, 3.8) is 0 Å². The minimum Gasteiger partial charge on any atom is -0.479 e. The molecule has 11 heavy (non-hydrogen) atoms. The largest absolute Gasteiger partial charge is 0.479 e. The summed E-state index contributed by atoms with van der Waals surface area (Å²) in [6.07, 6.45) is 0. The highest BCUT2D eigenvalue weighted by molar-refractivity contribution is 7.71. The van der Waals surface area contributed by atoms with Crippen LogP contribution in [0, 0.1) is 4.51 Å². The Morgan fingerprint density at radius 2 is 1.64 bits per heavy atom. The van der Waals surface area contributed by atoms with E-state index in [-0.39, 0.29) is 0 Å². The Bertz CT molecular complexity index is 273. The zero-order valence-corrected chi connectivity index (χ0v) is 6.94. The Hall–Kier alpha value is -1.17. The number of rotatable bonds is 2. The van der Waals surface area contributed by atoms with Crippen molar-refractivity contribution in [2.45, 2.75) is 0 Å². The second kappa shape index (κ2) is 3.29. The quantitative estimate of drug-likeness (QED) is 0.662. The molecule has 0 aromatic carbocycles. The van der Waals surface area contributed by atoms with Crippen molar-refractivity contribution < 1.29 is 9.47 Å². The number of nitrogens with zero attached hydrogens (tertiary/aromatic N) is 2. The van der Waals surface area contributed by atoms with Crippen molar-refractivity contribution >= 4 is 12.2 Å². The number of hydrogen-bond donors (Lipinski definition) is 1. The minimum absolute atomic E-state index is 0.312. The molecule has 0 spiro atoms. The monoisotopic (exact) mass is 173 g/mol. The van der Waals surface area contributed by atoms with Gasteiger partial charge in [-0.15, -0.1) is 10.2 Å². The molecular formula is C5H7N3O2S. The van der Waals surface area contributed by atoms with Gasteiger partial charge in [0.1, 0.15) is 0 Å². The molecule has 0 aliphatic rings. The fraction of sp³-hybridized carbons (Fsp3) is 0.400. The fourth-order valence-corrected chi connectivity index (χ4v) is 0.843. The summed E-state index contributed by atoms with van der Waals surface area (Å²) >= 11 is 4.90. The van der Waals surface area contributed by atoms with Crippen LogP contribution in [0.2, 0.25) is 0 Å². The first-order valence-electron chi connectivity index (χ1n) is 2.82. The maximum atomic E-state index is 4.90. The molecule has 0 aliphatic carbocycles. The number of aromatic amines is 1. The first kappa shape index (κ1) is 7.93. The molecule has 0 fully saturated rings. The number of aromatic nitrogens is 3. The van der Waals surface area contributed by atoms with E-state index >= 15 is 0 Å². The Balaban J connectivity index is 3.21. The van der Waals surface area contributed by atoms with Gasteiger partial charge in [-0.25, -0.2) is 0 Å². The standard InChI is InChI=1S/C5H7N3O2S/c1-9-4-3(11)5(10-2)7-8-6-4/h1-2H3,(H,8,11). The molecule has 0 amide bonds. The van der Waals surface area contributed by atoms with Gasteiger partial charge in [0, 0.05) is 0 Å². The van der Waals surface area contributed by atoms with Gasteiger partial charge in [0.25, 0.3) is 11.8 Å². The van der Waals surface area contributed by atoms with E-state index in [9.17, 15) is 0 Å². The number of ether oxygens (including phenoxy) is 2. The van der Waals surface area contributed by atoms with Crippen molar-refractivity contribution in [3.8, 4) is 11.8 Å². The fourth-order valence-electron chi connectivity index (χ4n) is 0.586. The van der Waals surface area contributed by atoms with Crippen LogP contribution < -0.4 is 9.47 Å². The highest BCUT2D eigenvalue weighted by Gasteiger charge is 2.03. The van der Waals surface area contributed by atoms with Crippen molar-refractivity contribution in [1.29, 1.82) is 0 Å². The first-order chi connectivity index (χ1) is 5.29. The van der Waals surface area contributed by atoms with E-state index in [0.717, 1.165) is 0 Å². The normalized spacial score (nSPS) is 9.27. The molecule has 0 radical (unpaired) electrons. The molecule has 6 heteroatoms. The van der Waals surface area contributed by atoms with E-state index in [1.165, 1.54) is 14.2 Å². The maximum Gasteiger partial charge on any atom is 0.256 e. The third-order valence-corrected chi connectivity index (χ3v) is 1.43. The molecule has 5 nitrogen and oxygen atoms in total. The molecule has 0 bridgehead atoms. The lowest BCUT2D eigenvalue weighted by Crippen LogP contribution is -1.97. The molecule has 0 atom stereocenters. The van der Waals surface area contributed by atoms with Crippen LogP contribution in [0.15, 0.2) is 0 Å². The van der Waals surface area contributed by atoms with Gasteiger partial charge in [0.15, 0.2) is 4.51 Å². The van der Waals surface area contributed by atoms with Gasteiger partial charge >= 0.3 is 0 Å². The van der Waals surface area contributed by atoms with Crippen molar-refractivity contribution in [2.24, 2.45) is 0 Å². The van der Waals surface area contributed by atoms with E-state index in [0.29, 0.717) is 16.3 Å². The van der Waals surface area contributed by atoms with Gasteiger partial charge in [-0.1, -0.05) is 12.2 Å². The third kappa shape index (κ3) is 1.45. The van der Waals surface area contributed by atoms with Crippen LogP contribution in [-0.4, -0.2) is 29.6 Å². The predicted molar refractivity (Wildman–Crippen MR) is 40.3 cm³/mol. The summed E-state index contributed by atoms with van der Waals surface area (Å²) in [6, 6.07) is 0. The zero-order valence-electron chi connectivity index (χ0n) is 6.12. The second-order valence-electron chi connectivity index (χ2n) is 1.67. The lowest BCUT2D eigenvalue weighted by Gasteiger charge is -1.99.